The number of nitrogen functional groups attached to an aromatic ring is 1. The number of pyridine rings is 1. The molecule has 3 heterocycles. The fraction of sp³-hybridized carbons (Fsp3) is 0.167. The molecule has 0 aliphatic carbocycles. The third-order valence-corrected chi connectivity index (χ3v) is 3.83. The average molecular weight is 306 g/mol. The molecule has 0 aliphatic rings. The van der Waals surface area contributed by atoms with Gasteiger partial charge in [0.2, 0.25) is 0 Å². The molecule has 0 radical (unpaired) electrons. The molecule has 0 aromatic carbocycles. The fourth-order valence-corrected chi connectivity index (χ4v) is 2.27. The number of aromatic nitrogens is 4. The van der Waals surface area contributed by atoms with E-state index in [4.69, 9.17) is 5.73 Å². The van der Waals surface area contributed by atoms with Crippen LogP contribution in [-0.4, -0.2) is 18.9 Å². The van der Waals surface area contributed by atoms with Crippen molar-refractivity contribution in [1.82, 2.24) is 18.9 Å². The van der Waals surface area contributed by atoms with Gasteiger partial charge in [-0.05, 0) is 34.5 Å². The lowest BCUT2D eigenvalue weighted by Crippen LogP contribution is -1.96. The SMILES string of the molecule is Cc1cc2nc(-c3cncn3C)c(N)n2cc1Br. The Bertz CT molecular complexity index is 740. The summed E-state index contributed by atoms with van der Waals surface area (Å²) in [4.78, 5) is 8.67. The van der Waals surface area contributed by atoms with Crippen molar-refractivity contribution in [1.29, 1.82) is 0 Å². The first-order valence-electron chi connectivity index (χ1n) is 5.48. The maximum absolute atomic E-state index is 6.16. The van der Waals surface area contributed by atoms with E-state index in [1.165, 1.54) is 0 Å². The summed E-state index contributed by atoms with van der Waals surface area (Å²) in [5.74, 6) is 0.620. The van der Waals surface area contributed by atoms with Crippen LogP contribution in [0.15, 0.2) is 29.3 Å². The summed E-state index contributed by atoms with van der Waals surface area (Å²) >= 11 is 3.50. The molecule has 0 unspecified atom stereocenters. The maximum Gasteiger partial charge on any atom is 0.139 e. The first-order valence-corrected chi connectivity index (χ1v) is 6.27. The van der Waals surface area contributed by atoms with Gasteiger partial charge in [-0.3, -0.25) is 4.40 Å². The van der Waals surface area contributed by atoms with E-state index in [2.05, 4.69) is 25.9 Å². The van der Waals surface area contributed by atoms with Crippen LogP contribution in [0.5, 0.6) is 0 Å². The highest BCUT2D eigenvalue weighted by molar-refractivity contribution is 9.10. The molecule has 0 atom stereocenters. The van der Waals surface area contributed by atoms with Gasteiger partial charge in [-0.1, -0.05) is 0 Å². The lowest BCUT2D eigenvalue weighted by atomic mass is 10.3. The van der Waals surface area contributed by atoms with Crippen molar-refractivity contribution in [2.45, 2.75) is 6.92 Å². The normalized spacial score (nSPS) is 11.3. The van der Waals surface area contributed by atoms with E-state index >= 15 is 0 Å². The number of imidazole rings is 2. The van der Waals surface area contributed by atoms with Gasteiger partial charge in [0.25, 0.3) is 0 Å². The fourth-order valence-electron chi connectivity index (χ4n) is 1.95. The average Bonchev–Trinajstić information content (AvgIpc) is 2.86. The molecule has 92 valence electrons. The van der Waals surface area contributed by atoms with E-state index in [1.807, 2.05) is 35.2 Å². The number of aryl methyl sites for hydroxylation is 2. The second-order valence-corrected chi connectivity index (χ2v) is 5.12. The van der Waals surface area contributed by atoms with Gasteiger partial charge >= 0.3 is 0 Å². The van der Waals surface area contributed by atoms with Crippen molar-refractivity contribution in [2.75, 3.05) is 5.73 Å². The standard InChI is InChI=1S/C12H12BrN5/c1-7-3-10-16-11(9-4-15-6-17(9)2)12(14)18(10)5-8(7)13/h3-6H,14H2,1-2H3. The van der Waals surface area contributed by atoms with E-state index in [1.54, 1.807) is 12.5 Å². The molecular weight excluding hydrogens is 294 g/mol. The van der Waals surface area contributed by atoms with E-state index in [9.17, 15) is 0 Å². The lowest BCUT2D eigenvalue weighted by Gasteiger charge is -2.01. The van der Waals surface area contributed by atoms with Gasteiger partial charge in [-0.2, -0.15) is 0 Å². The molecule has 0 saturated heterocycles. The summed E-state index contributed by atoms with van der Waals surface area (Å²) in [6.45, 7) is 2.03. The van der Waals surface area contributed by atoms with E-state index < -0.39 is 0 Å². The number of rotatable bonds is 1. The minimum Gasteiger partial charge on any atom is -0.383 e. The first-order chi connectivity index (χ1) is 8.58. The number of anilines is 1. The number of hydrogen-bond donors (Lipinski definition) is 1. The van der Waals surface area contributed by atoms with Crippen molar-refractivity contribution in [3.63, 3.8) is 0 Å². The molecule has 0 spiro atoms. The molecule has 3 aromatic rings. The zero-order valence-corrected chi connectivity index (χ0v) is 11.6. The molecule has 6 heteroatoms. The summed E-state index contributed by atoms with van der Waals surface area (Å²) in [7, 11) is 1.92. The zero-order chi connectivity index (χ0) is 12.9. The summed E-state index contributed by atoms with van der Waals surface area (Å²) in [6.07, 6.45) is 5.44. The van der Waals surface area contributed by atoms with Crippen LogP contribution in [-0.2, 0) is 7.05 Å². The van der Waals surface area contributed by atoms with Crippen molar-refractivity contribution in [3.8, 4) is 11.4 Å². The van der Waals surface area contributed by atoms with Gasteiger partial charge in [-0.25, -0.2) is 9.97 Å². The molecular formula is C12H12BrN5. The number of halogens is 1. The molecule has 0 bridgehead atoms. The van der Waals surface area contributed by atoms with Gasteiger partial charge in [0, 0.05) is 17.7 Å². The predicted octanol–water partition coefficient (Wildman–Crippen LogP) is 2.39. The summed E-state index contributed by atoms with van der Waals surface area (Å²) < 4.78 is 4.79. The molecule has 18 heavy (non-hydrogen) atoms. The number of nitrogens with two attached hydrogens (primary N) is 1. The summed E-state index contributed by atoms with van der Waals surface area (Å²) in [5.41, 5.74) is 9.79. The Morgan fingerprint density at radius 3 is 2.83 bits per heavy atom. The molecule has 3 rings (SSSR count). The van der Waals surface area contributed by atoms with Crippen LogP contribution in [0.1, 0.15) is 5.56 Å². The van der Waals surface area contributed by atoms with Crippen LogP contribution >= 0.6 is 15.9 Å². The highest BCUT2D eigenvalue weighted by Gasteiger charge is 2.14. The molecule has 5 nitrogen and oxygen atoms in total. The number of fused-ring (bicyclic) bond motifs is 1. The predicted molar refractivity (Wildman–Crippen MR) is 74.2 cm³/mol. The summed E-state index contributed by atoms with van der Waals surface area (Å²) in [5, 5.41) is 0. The van der Waals surface area contributed by atoms with Crippen LogP contribution in [0.25, 0.3) is 17.0 Å². The highest BCUT2D eigenvalue weighted by atomic mass is 79.9. The molecule has 0 fully saturated rings. The monoisotopic (exact) mass is 305 g/mol. The third-order valence-electron chi connectivity index (χ3n) is 3.00. The Morgan fingerprint density at radius 1 is 1.39 bits per heavy atom. The van der Waals surface area contributed by atoms with Crippen LogP contribution in [0.3, 0.4) is 0 Å². The van der Waals surface area contributed by atoms with Crippen LogP contribution < -0.4 is 5.73 Å². The van der Waals surface area contributed by atoms with Crippen LogP contribution in [0.4, 0.5) is 5.82 Å². The molecule has 0 saturated carbocycles. The Balaban J connectivity index is 2.33. The number of hydrogen-bond acceptors (Lipinski definition) is 3. The highest BCUT2D eigenvalue weighted by Crippen LogP contribution is 2.28. The Kier molecular flexibility index (Phi) is 2.41. The van der Waals surface area contributed by atoms with Gasteiger partial charge < -0.3 is 10.3 Å². The second-order valence-electron chi connectivity index (χ2n) is 4.27. The van der Waals surface area contributed by atoms with Crippen LogP contribution in [0.2, 0.25) is 0 Å². The smallest absolute Gasteiger partial charge is 0.139 e. The second kappa shape index (κ2) is 3.84. The van der Waals surface area contributed by atoms with Crippen molar-refractivity contribution in [2.24, 2.45) is 7.05 Å². The van der Waals surface area contributed by atoms with Crippen molar-refractivity contribution in [3.05, 3.63) is 34.8 Å². The van der Waals surface area contributed by atoms with E-state index in [-0.39, 0.29) is 0 Å². The quantitative estimate of drug-likeness (QED) is 0.751. The first kappa shape index (κ1) is 11.3. The van der Waals surface area contributed by atoms with Gasteiger partial charge in [-0.15, -0.1) is 0 Å². The maximum atomic E-state index is 6.16. The Labute approximate surface area is 112 Å². The molecule has 3 aromatic heterocycles. The van der Waals surface area contributed by atoms with E-state index in [0.717, 1.165) is 27.1 Å². The summed E-state index contributed by atoms with van der Waals surface area (Å²) in [6, 6.07) is 2.00. The zero-order valence-electron chi connectivity index (χ0n) is 10.1. The Hall–Kier alpha value is -1.82. The van der Waals surface area contributed by atoms with Crippen molar-refractivity contribution < 1.29 is 0 Å². The Morgan fingerprint density at radius 2 is 2.17 bits per heavy atom. The van der Waals surface area contributed by atoms with Crippen LogP contribution in [0, 0.1) is 6.92 Å². The lowest BCUT2D eigenvalue weighted by molar-refractivity contribution is 0.918. The topological polar surface area (TPSA) is 61.1 Å². The largest absolute Gasteiger partial charge is 0.383 e. The van der Waals surface area contributed by atoms with E-state index in [0.29, 0.717) is 5.82 Å². The third kappa shape index (κ3) is 1.53. The minimum absolute atomic E-state index is 0.620. The molecule has 0 amide bonds. The van der Waals surface area contributed by atoms with Gasteiger partial charge in [0.15, 0.2) is 0 Å². The van der Waals surface area contributed by atoms with Gasteiger partial charge in [0.1, 0.15) is 17.2 Å². The van der Waals surface area contributed by atoms with Crippen molar-refractivity contribution >= 4 is 27.4 Å². The molecule has 2 N–H and O–H groups in total. The van der Waals surface area contributed by atoms with Gasteiger partial charge in [0.05, 0.1) is 18.2 Å². The number of nitrogens with zero attached hydrogens (tertiary/aromatic N) is 4. The molecule has 0 aliphatic heterocycles. The minimum atomic E-state index is 0.620.